The molecule has 0 spiro atoms. The number of morpholine rings is 1. The van der Waals surface area contributed by atoms with Crippen LogP contribution in [0.3, 0.4) is 0 Å². The van der Waals surface area contributed by atoms with Crippen LogP contribution in [0.15, 0.2) is 73.2 Å². The van der Waals surface area contributed by atoms with Gasteiger partial charge in [-0.3, -0.25) is 9.58 Å². The van der Waals surface area contributed by atoms with Gasteiger partial charge in [0.15, 0.2) is 0 Å². The summed E-state index contributed by atoms with van der Waals surface area (Å²) in [5, 5.41) is 11.3. The molecule has 4 heterocycles. The highest BCUT2D eigenvalue weighted by atomic mass is 32.1. The van der Waals surface area contributed by atoms with E-state index >= 15 is 0 Å². The van der Waals surface area contributed by atoms with E-state index < -0.39 is 0 Å². The number of halogens is 1. The molecule has 1 N–H and O–H groups in total. The van der Waals surface area contributed by atoms with Crippen LogP contribution in [0, 0.1) is 5.82 Å². The maximum Gasteiger partial charge on any atom is 0.143 e. The van der Waals surface area contributed by atoms with Crippen LogP contribution in [-0.2, 0) is 17.7 Å². The predicted molar refractivity (Wildman–Crippen MR) is 154 cm³/mol. The second-order valence-electron chi connectivity index (χ2n) is 9.87. The minimum atomic E-state index is -0.239. The lowest BCUT2D eigenvalue weighted by atomic mass is 10.1. The molecule has 7 rings (SSSR count). The van der Waals surface area contributed by atoms with Crippen LogP contribution in [0.1, 0.15) is 11.1 Å². The van der Waals surface area contributed by atoms with Gasteiger partial charge in [0.05, 0.1) is 36.9 Å². The highest BCUT2D eigenvalue weighted by molar-refractivity contribution is 7.25. The number of nitrogens with zero attached hydrogens (tertiary/aromatic N) is 5. The predicted octanol–water partition coefficient (Wildman–Crippen LogP) is 6.00. The molecule has 7 nitrogen and oxygen atoms in total. The van der Waals surface area contributed by atoms with Crippen molar-refractivity contribution in [2.24, 2.45) is 0 Å². The molecule has 6 aromatic rings. The average molecular weight is 539 g/mol. The third-order valence-electron chi connectivity index (χ3n) is 7.28. The highest BCUT2D eigenvalue weighted by Crippen LogP contribution is 2.37. The van der Waals surface area contributed by atoms with Crippen molar-refractivity contribution in [2.75, 3.05) is 38.2 Å². The van der Waals surface area contributed by atoms with Crippen molar-refractivity contribution in [2.45, 2.75) is 13.0 Å². The summed E-state index contributed by atoms with van der Waals surface area (Å²) in [4.78, 5) is 12.6. The number of thiophene rings is 1. The van der Waals surface area contributed by atoms with Crippen LogP contribution in [0.4, 0.5) is 15.9 Å². The second kappa shape index (κ2) is 10.3. The van der Waals surface area contributed by atoms with Crippen LogP contribution in [-0.4, -0.2) is 57.5 Å². The maximum absolute atomic E-state index is 13.6. The zero-order valence-corrected chi connectivity index (χ0v) is 22.1. The fourth-order valence-corrected chi connectivity index (χ4v) is 6.36. The molecule has 0 unspecified atom stereocenters. The summed E-state index contributed by atoms with van der Waals surface area (Å²) in [6.45, 7) is 5.23. The Balaban J connectivity index is 1.14. The number of hydrogen-bond acceptors (Lipinski definition) is 7. The van der Waals surface area contributed by atoms with E-state index in [2.05, 4.69) is 49.5 Å². The Hall–Kier alpha value is -3.92. The minimum Gasteiger partial charge on any atom is -0.379 e. The molecule has 0 aliphatic carbocycles. The Morgan fingerprint density at radius 2 is 1.90 bits per heavy atom. The van der Waals surface area contributed by atoms with Crippen molar-refractivity contribution in [3.63, 3.8) is 0 Å². The Bertz CT molecular complexity index is 1790. The molecule has 1 aliphatic rings. The first kappa shape index (κ1) is 24.1. The molecule has 196 valence electrons. The Kier molecular flexibility index (Phi) is 6.40. The molecular formula is C30H27FN6OS. The molecule has 39 heavy (non-hydrogen) atoms. The molecule has 1 aliphatic heterocycles. The van der Waals surface area contributed by atoms with Crippen molar-refractivity contribution in [1.82, 2.24) is 24.6 Å². The van der Waals surface area contributed by atoms with Gasteiger partial charge in [-0.2, -0.15) is 5.10 Å². The van der Waals surface area contributed by atoms with E-state index in [-0.39, 0.29) is 5.82 Å². The summed E-state index contributed by atoms with van der Waals surface area (Å²) in [6, 6.07) is 19.5. The average Bonchev–Trinajstić information content (AvgIpc) is 3.53. The maximum atomic E-state index is 13.6. The number of ether oxygens (including phenoxy) is 1. The molecule has 3 aromatic carbocycles. The summed E-state index contributed by atoms with van der Waals surface area (Å²) in [7, 11) is 0. The van der Waals surface area contributed by atoms with Gasteiger partial charge in [-0.25, -0.2) is 14.4 Å². The zero-order chi connectivity index (χ0) is 26.2. The third-order valence-corrected chi connectivity index (χ3v) is 8.34. The summed E-state index contributed by atoms with van der Waals surface area (Å²) >= 11 is 1.71. The van der Waals surface area contributed by atoms with E-state index in [4.69, 9.17) is 4.74 Å². The lowest BCUT2D eigenvalue weighted by molar-refractivity contribution is 0.0384. The lowest BCUT2D eigenvalue weighted by Gasteiger charge is -2.26. The number of fused-ring (bicyclic) bond motifs is 4. The van der Waals surface area contributed by atoms with E-state index in [1.165, 1.54) is 16.3 Å². The normalized spacial score (nSPS) is 14.5. The molecule has 9 heteroatoms. The van der Waals surface area contributed by atoms with Crippen molar-refractivity contribution < 1.29 is 9.13 Å². The van der Waals surface area contributed by atoms with Crippen molar-refractivity contribution in [3.8, 4) is 0 Å². The van der Waals surface area contributed by atoms with Gasteiger partial charge in [0.2, 0.25) is 0 Å². The summed E-state index contributed by atoms with van der Waals surface area (Å²) in [5.41, 5.74) is 4.13. The molecule has 0 radical (unpaired) electrons. The van der Waals surface area contributed by atoms with E-state index in [0.717, 1.165) is 82.8 Å². The Morgan fingerprint density at radius 1 is 0.974 bits per heavy atom. The van der Waals surface area contributed by atoms with E-state index in [1.807, 2.05) is 29.1 Å². The zero-order valence-electron chi connectivity index (χ0n) is 21.3. The number of rotatable bonds is 7. The first-order valence-corrected chi connectivity index (χ1v) is 13.9. The molecule has 0 saturated carbocycles. The minimum absolute atomic E-state index is 0.239. The molecular weight excluding hydrogens is 511 g/mol. The van der Waals surface area contributed by atoms with Crippen LogP contribution >= 0.6 is 11.3 Å². The summed E-state index contributed by atoms with van der Waals surface area (Å²) in [5.74, 6) is 0.551. The number of anilines is 2. The first-order chi connectivity index (χ1) is 19.2. The molecule has 3 aromatic heterocycles. The standard InChI is InChI=1S/C30H27FN6OS/c31-23-3-1-2-21(14-23)18-37-26-7-5-24(16-22(26)17-34-37)35-29-28-25-6-4-20(8-9-36-10-12-38-13-11-36)15-27(25)39-30(28)33-19-32-29/h1-7,14-17,19H,8-13,18H2,(H,32,33,35). The van der Waals surface area contributed by atoms with Crippen LogP contribution in [0.25, 0.3) is 31.2 Å². The smallest absolute Gasteiger partial charge is 0.143 e. The molecule has 1 saturated heterocycles. The second-order valence-corrected chi connectivity index (χ2v) is 10.9. The SMILES string of the molecule is Fc1cccc(Cn2ncc3cc(Nc4ncnc5sc6cc(CCN7CCOCC7)ccc6c45)ccc32)c1. The van der Waals surface area contributed by atoms with Gasteiger partial charge in [-0.05, 0) is 53.9 Å². The van der Waals surface area contributed by atoms with Crippen molar-refractivity contribution in [1.29, 1.82) is 0 Å². The van der Waals surface area contributed by atoms with Crippen LogP contribution < -0.4 is 5.32 Å². The van der Waals surface area contributed by atoms with Gasteiger partial charge in [-0.15, -0.1) is 11.3 Å². The number of benzene rings is 3. The summed E-state index contributed by atoms with van der Waals surface area (Å²) in [6.07, 6.45) is 4.48. The van der Waals surface area contributed by atoms with Crippen LogP contribution in [0.2, 0.25) is 0 Å². The quantitative estimate of drug-likeness (QED) is 0.269. The largest absolute Gasteiger partial charge is 0.379 e. The van der Waals surface area contributed by atoms with E-state index in [1.54, 1.807) is 29.8 Å². The van der Waals surface area contributed by atoms with Gasteiger partial charge in [0.25, 0.3) is 0 Å². The molecule has 0 atom stereocenters. The molecule has 0 bridgehead atoms. The van der Waals surface area contributed by atoms with E-state index in [9.17, 15) is 4.39 Å². The van der Waals surface area contributed by atoms with E-state index in [0.29, 0.717) is 6.54 Å². The Labute approximate surface area is 228 Å². The topological polar surface area (TPSA) is 68.1 Å². The van der Waals surface area contributed by atoms with Crippen molar-refractivity contribution >= 4 is 54.0 Å². The molecule has 0 amide bonds. The third kappa shape index (κ3) is 4.96. The van der Waals surface area contributed by atoms with Gasteiger partial charge < -0.3 is 10.1 Å². The van der Waals surface area contributed by atoms with Gasteiger partial charge in [0.1, 0.15) is 22.8 Å². The van der Waals surface area contributed by atoms with Gasteiger partial charge >= 0.3 is 0 Å². The first-order valence-electron chi connectivity index (χ1n) is 13.1. The highest BCUT2D eigenvalue weighted by Gasteiger charge is 2.15. The number of nitrogens with one attached hydrogen (secondary N) is 1. The number of aromatic nitrogens is 4. The number of hydrogen-bond donors (Lipinski definition) is 1. The fraction of sp³-hybridized carbons (Fsp3) is 0.233. The van der Waals surface area contributed by atoms with Crippen molar-refractivity contribution in [3.05, 3.63) is 90.1 Å². The monoisotopic (exact) mass is 538 g/mol. The lowest BCUT2D eigenvalue weighted by Crippen LogP contribution is -2.37. The Morgan fingerprint density at radius 3 is 2.79 bits per heavy atom. The molecule has 1 fully saturated rings. The van der Waals surface area contributed by atoms with Crippen LogP contribution in [0.5, 0.6) is 0 Å². The van der Waals surface area contributed by atoms with Gasteiger partial charge in [-0.1, -0.05) is 24.3 Å². The summed E-state index contributed by atoms with van der Waals surface area (Å²) < 4.78 is 22.2. The van der Waals surface area contributed by atoms with Gasteiger partial charge in [0, 0.05) is 40.8 Å². The fourth-order valence-electron chi connectivity index (χ4n) is 5.25.